The molecule has 1 aromatic carbocycles. The number of nitrogens with one attached hydrogen (secondary N) is 1. The van der Waals surface area contributed by atoms with Crippen LogP contribution in [0, 0.1) is 19.8 Å². The Morgan fingerprint density at radius 1 is 1.29 bits per heavy atom. The summed E-state index contributed by atoms with van der Waals surface area (Å²) < 4.78 is 23.8. The van der Waals surface area contributed by atoms with Crippen LogP contribution in [0.5, 0.6) is 0 Å². The zero-order chi connectivity index (χ0) is 13.1. The van der Waals surface area contributed by atoms with Crippen LogP contribution in [0.15, 0.2) is 23.1 Å². The predicted octanol–water partition coefficient (Wildman–Crippen LogP) is 2.17. The Morgan fingerprint density at radius 3 is 2.47 bits per heavy atom. The molecule has 0 aliphatic rings. The third-order valence-corrected chi connectivity index (χ3v) is 3.58. The van der Waals surface area contributed by atoms with Crippen LogP contribution < -0.4 is 4.89 Å². The van der Waals surface area contributed by atoms with Gasteiger partial charge in [0.1, 0.15) is 0 Å². The van der Waals surface area contributed by atoms with Gasteiger partial charge >= 0.3 is 0 Å². The van der Waals surface area contributed by atoms with Crippen molar-refractivity contribution in [3.63, 3.8) is 0 Å². The maximum atomic E-state index is 11.9. The average molecular weight is 257 g/mol. The number of aryl methyl sites for hydroxylation is 2. The molecule has 17 heavy (non-hydrogen) atoms. The van der Waals surface area contributed by atoms with E-state index in [1.807, 2.05) is 26.8 Å². The van der Waals surface area contributed by atoms with E-state index in [4.69, 9.17) is 4.84 Å². The Labute approximate surface area is 103 Å². The molecule has 0 amide bonds. The maximum absolute atomic E-state index is 11.9. The van der Waals surface area contributed by atoms with E-state index in [-0.39, 0.29) is 10.8 Å². The van der Waals surface area contributed by atoms with Gasteiger partial charge in [0.2, 0.25) is 0 Å². The van der Waals surface area contributed by atoms with E-state index < -0.39 is 10.0 Å². The van der Waals surface area contributed by atoms with Gasteiger partial charge in [0.25, 0.3) is 10.0 Å². The summed E-state index contributed by atoms with van der Waals surface area (Å²) in [7, 11) is -3.58. The Balaban J connectivity index is 2.83. The van der Waals surface area contributed by atoms with Crippen molar-refractivity contribution in [3.8, 4) is 0 Å². The van der Waals surface area contributed by atoms with Crippen LogP contribution in [0.3, 0.4) is 0 Å². The fourth-order valence-electron chi connectivity index (χ4n) is 1.42. The van der Waals surface area contributed by atoms with E-state index in [0.717, 1.165) is 5.56 Å². The summed E-state index contributed by atoms with van der Waals surface area (Å²) in [5.74, 6) is 0.275. The smallest absolute Gasteiger partial charge is 0.262 e. The second-order valence-electron chi connectivity index (χ2n) is 4.56. The van der Waals surface area contributed by atoms with E-state index in [0.29, 0.717) is 12.2 Å². The van der Waals surface area contributed by atoms with Gasteiger partial charge in [-0.15, -0.1) is 0 Å². The van der Waals surface area contributed by atoms with Crippen LogP contribution in [0.25, 0.3) is 0 Å². The Hall–Kier alpha value is -0.910. The highest BCUT2D eigenvalue weighted by Gasteiger charge is 2.16. The molecule has 0 heterocycles. The molecule has 0 aromatic heterocycles. The van der Waals surface area contributed by atoms with Crippen molar-refractivity contribution in [2.24, 2.45) is 5.92 Å². The molecule has 0 aliphatic heterocycles. The number of hydrogen-bond donors (Lipinski definition) is 1. The van der Waals surface area contributed by atoms with Crippen LogP contribution in [-0.2, 0) is 14.9 Å². The first-order chi connectivity index (χ1) is 7.83. The van der Waals surface area contributed by atoms with E-state index in [2.05, 4.69) is 4.89 Å². The van der Waals surface area contributed by atoms with Crippen molar-refractivity contribution in [2.45, 2.75) is 32.6 Å². The lowest BCUT2D eigenvalue weighted by atomic mass is 10.2. The summed E-state index contributed by atoms with van der Waals surface area (Å²) in [6.45, 7) is 7.94. The normalized spacial score (nSPS) is 12.1. The number of sulfonamides is 1. The zero-order valence-electron chi connectivity index (χ0n) is 10.6. The van der Waals surface area contributed by atoms with Crippen molar-refractivity contribution in [1.29, 1.82) is 0 Å². The number of benzene rings is 1. The monoisotopic (exact) mass is 257 g/mol. The largest absolute Gasteiger partial charge is 0.287 e. The third kappa shape index (κ3) is 4.11. The lowest BCUT2D eigenvalue weighted by Gasteiger charge is -2.11. The first kappa shape index (κ1) is 14.2. The van der Waals surface area contributed by atoms with Gasteiger partial charge < -0.3 is 0 Å². The molecule has 0 fully saturated rings. The van der Waals surface area contributed by atoms with Gasteiger partial charge in [-0.1, -0.05) is 36.4 Å². The summed E-state index contributed by atoms with van der Waals surface area (Å²) in [6.07, 6.45) is 0. The van der Waals surface area contributed by atoms with Gasteiger partial charge in [-0.2, -0.15) is 0 Å². The van der Waals surface area contributed by atoms with Gasteiger partial charge in [-0.3, -0.25) is 4.84 Å². The fraction of sp³-hybridized carbons (Fsp3) is 0.500. The van der Waals surface area contributed by atoms with Crippen molar-refractivity contribution < 1.29 is 13.3 Å². The van der Waals surface area contributed by atoms with Crippen LogP contribution in [-0.4, -0.2) is 15.0 Å². The van der Waals surface area contributed by atoms with Crippen LogP contribution in [0.4, 0.5) is 0 Å². The highest BCUT2D eigenvalue weighted by Crippen LogP contribution is 2.16. The molecular formula is C12H19NO3S. The van der Waals surface area contributed by atoms with E-state index >= 15 is 0 Å². The van der Waals surface area contributed by atoms with Crippen LogP contribution in [0.2, 0.25) is 0 Å². The van der Waals surface area contributed by atoms with Gasteiger partial charge in [-0.25, -0.2) is 8.42 Å². The molecule has 0 atom stereocenters. The van der Waals surface area contributed by atoms with Gasteiger partial charge in [0.05, 0.1) is 11.5 Å². The van der Waals surface area contributed by atoms with Gasteiger partial charge in [0, 0.05) is 0 Å². The molecule has 1 N–H and O–H groups in total. The summed E-state index contributed by atoms with van der Waals surface area (Å²) in [5.41, 5.74) is 1.75. The Bertz CT molecular complexity index is 481. The van der Waals surface area contributed by atoms with E-state index in [1.165, 1.54) is 0 Å². The third-order valence-electron chi connectivity index (χ3n) is 2.21. The minimum atomic E-state index is -3.58. The standard InChI is InChI=1S/C12H19NO3S/c1-9(2)8-16-13-17(14,15)12-6-5-10(3)7-11(12)4/h5-7,9,13H,8H2,1-4H3. The predicted molar refractivity (Wildman–Crippen MR) is 67.0 cm³/mol. The highest BCUT2D eigenvalue weighted by molar-refractivity contribution is 7.89. The minimum absolute atomic E-state index is 0.256. The van der Waals surface area contributed by atoms with Crippen LogP contribution >= 0.6 is 0 Å². The molecule has 0 aliphatic carbocycles. The van der Waals surface area contributed by atoms with Crippen molar-refractivity contribution >= 4 is 10.0 Å². The lowest BCUT2D eigenvalue weighted by Crippen LogP contribution is -2.26. The van der Waals surface area contributed by atoms with E-state index in [9.17, 15) is 8.42 Å². The summed E-state index contributed by atoms with van der Waals surface area (Å²) in [6, 6.07) is 5.19. The molecule has 1 rings (SSSR count). The highest BCUT2D eigenvalue weighted by atomic mass is 32.2. The summed E-state index contributed by atoms with van der Waals surface area (Å²) >= 11 is 0. The molecule has 1 aromatic rings. The molecule has 0 spiro atoms. The number of hydrogen-bond acceptors (Lipinski definition) is 3. The molecule has 0 saturated carbocycles. The summed E-state index contributed by atoms with van der Waals surface area (Å²) in [4.78, 5) is 7.36. The van der Waals surface area contributed by atoms with Crippen molar-refractivity contribution in [2.75, 3.05) is 6.61 Å². The molecule has 5 heteroatoms. The number of rotatable bonds is 5. The minimum Gasteiger partial charge on any atom is -0.287 e. The van der Waals surface area contributed by atoms with Crippen LogP contribution in [0.1, 0.15) is 25.0 Å². The zero-order valence-corrected chi connectivity index (χ0v) is 11.5. The molecule has 4 nitrogen and oxygen atoms in total. The maximum Gasteiger partial charge on any atom is 0.262 e. The SMILES string of the molecule is Cc1ccc(S(=O)(=O)NOCC(C)C)c(C)c1. The average Bonchev–Trinajstić information content (AvgIpc) is 2.15. The molecule has 0 bridgehead atoms. The van der Waals surface area contributed by atoms with Gasteiger partial charge in [0.15, 0.2) is 0 Å². The lowest BCUT2D eigenvalue weighted by molar-refractivity contribution is 0.0718. The van der Waals surface area contributed by atoms with E-state index in [1.54, 1.807) is 19.1 Å². The second-order valence-corrected chi connectivity index (χ2v) is 6.17. The van der Waals surface area contributed by atoms with Crippen molar-refractivity contribution in [1.82, 2.24) is 4.89 Å². The second kappa shape index (κ2) is 5.62. The first-order valence-corrected chi connectivity index (χ1v) is 7.02. The van der Waals surface area contributed by atoms with Crippen molar-refractivity contribution in [3.05, 3.63) is 29.3 Å². The molecule has 0 saturated heterocycles. The summed E-state index contributed by atoms with van der Waals surface area (Å²) in [5, 5.41) is 0. The molecule has 0 unspecified atom stereocenters. The quantitative estimate of drug-likeness (QED) is 0.822. The first-order valence-electron chi connectivity index (χ1n) is 5.54. The molecular weight excluding hydrogens is 238 g/mol. The Morgan fingerprint density at radius 2 is 1.94 bits per heavy atom. The Kier molecular flexibility index (Phi) is 4.68. The molecule has 0 radical (unpaired) electrons. The topological polar surface area (TPSA) is 55.4 Å². The molecule has 96 valence electrons. The fourth-order valence-corrected chi connectivity index (χ4v) is 2.47. The van der Waals surface area contributed by atoms with Gasteiger partial charge in [-0.05, 0) is 31.4 Å².